The Bertz CT molecular complexity index is 581. The second-order valence-electron chi connectivity index (χ2n) is 4.41. The fourth-order valence-corrected chi connectivity index (χ4v) is 2.83. The van der Waals surface area contributed by atoms with Gasteiger partial charge in [0, 0.05) is 21.1 Å². The van der Waals surface area contributed by atoms with Gasteiger partial charge in [-0.05, 0) is 44.0 Å². The van der Waals surface area contributed by atoms with Crippen molar-refractivity contribution >= 4 is 33.0 Å². The maximum atomic E-state index is 12.2. The predicted molar refractivity (Wildman–Crippen MR) is 78.5 cm³/mol. The summed E-state index contributed by atoms with van der Waals surface area (Å²) in [6.07, 6.45) is 0.388. The molecule has 18 heavy (non-hydrogen) atoms. The van der Waals surface area contributed by atoms with Gasteiger partial charge >= 0.3 is 0 Å². The highest BCUT2D eigenvalue weighted by molar-refractivity contribution is 9.10. The summed E-state index contributed by atoms with van der Waals surface area (Å²) < 4.78 is 1.07. The molecule has 1 aromatic carbocycles. The summed E-state index contributed by atoms with van der Waals surface area (Å²) in [5, 5.41) is 2.86. The van der Waals surface area contributed by atoms with E-state index >= 15 is 0 Å². The highest BCUT2D eigenvalue weighted by Gasteiger charge is 2.12. The molecule has 1 heterocycles. The topological polar surface area (TPSA) is 30.0 Å². The lowest BCUT2D eigenvalue weighted by atomic mass is 10.0. The highest BCUT2D eigenvalue weighted by Crippen LogP contribution is 2.23. The second kappa shape index (κ2) is 5.33. The minimum Gasteiger partial charge on any atom is -0.294 e. The van der Waals surface area contributed by atoms with Crippen molar-refractivity contribution in [1.82, 2.24) is 4.98 Å². The molecule has 0 aliphatic carbocycles. The molecule has 1 aromatic heterocycles. The molecule has 0 N–H and O–H groups in total. The number of nitrogens with zero attached hydrogens (tertiary/aromatic N) is 1. The number of halogens is 1. The number of aryl methyl sites for hydroxylation is 3. The van der Waals surface area contributed by atoms with Crippen LogP contribution < -0.4 is 0 Å². The Morgan fingerprint density at radius 1 is 1.28 bits per heavy atom. The molecule has 0 atom stereocenters. The normalized spacial score (nSPS) is 10.7. The number of carbonyl (C=O) groups is 1. The predicted octanol–water partition coefficient (Wildman–Crippen LogP) is 4.26. The van der Waals surface area contributed by atoms with E-state index in [1.807, 2.05) is 38.3 Å². The van der Waals surface area contributed by atoms with E-state index in [-0.39, 0.29) is 5.78 Å². The molecule has 0 bridgehead atoms. The molecule has 0 saturated carbocycles. The van der Waals surface area contributed by atoms with Gasteiger partial charge < -0.3 is 0 Å². The third kappa shape index (κ3) is 2.87. The van der Waals surface area contributed by atoms with E-state index in [4.69, 9.17) is 0 Å². The van der Waals surface area contributed by atoms with E-state index in [0.717, 1.165) is 31.9 Å². The maximum absolute atomic E-state index is 12.2. The van der Waals surface area contributed by atoms with Crippen LogP contribution in [0.25, 0.3) is 0 Å². The van der Waals surface area contributed by atoms with Crippen LogP contribution >= 0.6 is 27.3 Å². The lowest BCUT2D eigenvalue weighted by molar-refractivity contribution is 0.0992. The monoisotopic (exact) mass is 323 g/mol. The summed E-state index contributed by atoms with van der Waals surface area (Å²) in [6.45, 7) is 5.95. The molecular formula is C14H14BrNOS. The van der Waals surface area contributed by atoms with Crippen LogP contribution in [0.5, 0.6) is 0 Å². The van der Waals surface area contributed by atoms with Gasteiger partial charge in [0.15, 0.2) is 5.78 Å². The molecule has 0 spiro atoms. The maximum Gasteiger partial charge on any atom is 0.169 e. The first-order valence-electron chi connectivity index (χ1n) is 5.68. The van der Waals surface area contributed by atoms with Crippen LogP contribution in [-0.4, -0.2) is 10.8 Å². The molecule has 0 amide bonds. The Kier molecular flexibility index (Phi) is 3.97. The van der Waals surface area contributed by atoms with Gasteiger partial charge in [0.05, 0.1) is 6.42 Å². The first-order valence-corrected chi connectivity index (χ1v) is 7.35. The van der Waals surface area contributed by atoms with Crippen LogP contribution in [0.2, 0.25) is 0 Å². The summed E-state index contributed by atoms with van der Waals surface area (Å²) in [4.78, 5) is 16.5. The van der Waals surface area contributed by atoms with Crippen molar-refractivity contribution in [2.75, 3.05) is 0 Å². The molecule has 4 heteroatoms. The van der Waals surface area contributed by atoms with Gasteiger partial charge in [-0.1, -0.05) is 15.9 Å². The van der Waals surface area contributed by atoms with Crippen molar-refractivity contribution in [2.24, 2.45) is 0 Å². The van der Waals surface area contributed by atoms with Crippen LogP contribution in [0.1, 0.15) is 32.2 Å². The molecule has 0 fully saturated rings. The zero-order chi connectivity index (χ0) is 13.3. The van der Waals surface area contributed by atoms with E-state index in [1.165, 1.54) is 0 Å². The Morgan fingerprint density at radius 3 is 2.39 bits per heavy atom. The second-order valence-corrected chi connectivity index (χ2v) is 6.14. The minimum absolute atomic E-state index is 0.128. The number of ketones is 1. The molecule has 0 aliphatic rings. The van der Waals surface area contributed by atoms with Gasteiger partial charge in [0.1, 0.15) is 5.01 Å². The van der Waals surface area contributed by atoms with Gasteiger partial charge in [0.25, 0.3) is 0 Å². The van der Waals surface area contributed by atoms with E-state index in [0.29, 0.717) is 6.42 Å². The number of Topliss-reactive ketones (excluding diaryl/α,β-unsaturated/α-hetero) is 1. The van der Waals surface area contributed by atoms with Crippen molar-refractivity contribution in [3.8, 4) is 0 Å². The third-order valence-electron chi connectivity index (χ3n) is 2.74. The van der Waals surface area contributed by atoms with Crippen LogP contribution in [0.15, 0.2) is 22.0 Å². The first-order chi connectivity index (χ1) is 8.47. The lowest BCUT2D eigenvalue weighted by Crippen LogP contribution is -2.04. The lowest BCUT2D eigenvalue weighted by Gasteiger charge is -2.06. The molecule has 94 valence electrons. The summed E-state index contributed by atoms with van der Waals surface area (Å²) in [5.74, 6) is 0.128. The van der Waals surface area contributed by atoms with Crippen LogP contribution in [-0.2, 0) is 6.42 Å². The molecular weight excluding hydrogens is 310 g/mol. The number of rotatable bonds is 3. The molecule has 2 aromatic rings. The van der Waals surface area contributed by atoms with Crippen LogP contribution in [0.4, 0.5) is 0 Å². The molecule has 2 nitrogen and oxygen atoms in total. The van der Waals surface area contributed by atoms with Crippen LogP contribution in [0.3, 0.4) is 0 Å². The van der Waals surface area contributed by atoms with E-state index in [9.17, 15) is 4.79 Å². The summed E-state index contributed by atoms with van der Waals surface area (Å²) >= 11 is 5.05. The molecule has 0 unspecified atom stereocenters. The number of hydrogen-bond donors (Lipinski definition) is 0. The van der Waals surface area contributed by atoms with E-state index in [1.54, 1.807) is 11.3 Å². The number of thiazole rings is 1. The zero-order valence-corrected chi connectivity index (χ0v) is 13.0. The summed E-state index contributed by atoms with van der Waals surface area (Å²) in [5.41, 5.74) is 3.93. The van der Waals surface area contributed by atoms with Crippen molar-refractivity contribution < 1.29 is 4.79 Å². The zero-order valence-electron chi connectivity index (χ0n) is 10.6. The number of aromatic nitrogens is 1. The summed E-state index contributed by atoms with van der Waals surface area (Å²) in [7, 11) is 0. The van der Waals surface area contributed by atoms with Crippen molar-refractivity contribution in [2.45, 2.75) is 27.2 Å². The molecule has 2 rings (SSSR count). The first kappa shape index (κ1) is 13.4. The average molecular weight is 324 g/mol. The highest BCUT2D eigenvalue weighted by atomic mass is 79.9. The molecule has 0 aliphatic heterocycles. The molecule has 0 radical (unpaired) electrons. The fraction of sp³-hybridized carbons (Fsp3) is 0.286. The quantitative estimate of drug-likeness (QED) is 0.790. The fourth-order valence-electron chi connectivity index (χ4n) is 1.83. The van der Waals surface area contributed by atoms with Gasteiger partial charge in [-0.25, -0.2) is 4.98 Å². The minimum atomic E-state index is 0.128. The standard InChI is InChI=1S/C14H14BrNOS/c1-8-4-11(5-9(2)14(8)15)12(17)6-13-16-10(3)7-18-13/h4-5,7H,6H2,1-3H3. The average Bonchev–Trinajstić information content (AvgIpc) is 2.71. The Hall–Kier alpha value is -1.00. The molecule has 0 saturated heterocycles. The SMILES string of the molecule is Cc1csc(CC(=O)c2cc(C)c(Br)c(C)c2)n1. The third-order valence-corrected chi connectivity index (χ3v) is 4.95. The van der Waals surface area contributed by atoms with Gasteiger partial charge in [-0.3, -0.25) is 4.79 Å². The van der Waals surface area contributed by atoms with Gasteiger partial charge in [0.2, 0.25) is 0 Å². The van der Waals surface area contributed by atoms with Crippen molar-refractivity contribution in [1.29, 1.82) is 0 Å². The Labute approximate surface area is 119 Å². The van der Waals surface area contributed by atoms with E-state index in [2.05, 4.69) is 20.9 Å². The number of hydrogen-bond acceptors (Lipinski definition) is 3. The van der Waals surface area contributed by atoms with Crippen molar-refractivity contribution in [3.63, 3.8) is 0 Å². The largest absolute Gasteiger partial charge is 0.294 e. The number of carbonyl (C=O) groups excluding carboxylic acids is 1. The van der Waals surface area contributed by atoms with Crippen molar-refractivity contribution in [3.05, 3.63) is 49.4 Å². The van der Waals surface area contributed by atoms with Gasteiger partial charge in [-0.2, -0.15) is 0 Å². The van der Waals surface area contributed by atoms with Crippen LogP contribution in [0, 0.1) is 20.8 Å². The Morgan fingerprint density at radius 2 is 1.89 bits per heavy atom. The van der Waals surface area contributed by atoms with E-state index < -0.39 is 0 Å². The smallest absolute Gasteiger partial charge is 0.169 e. The number of benzene rings is 1. The Balaban J connectivity index is 2.24. The summed E-state index contributed by atoms with van der Waals surface area (Å²) in [6, 6.07) is 3.86. The van der Waals surface area contributed by atoms with Gasteiger partial charge in [-0.15, -0.1) is 11.3 Å².